The van der Waals surface area contributed by atoms with E-state index in [0.717, 1.165) is 5.75 Å². The van der Waals surface area contributed by atoms with Gasteiger partial charge in [-0.1, -0.05) is 11.6 Å². The molecule has 0 radical (unpaired) electrons. The van der Waals surface area contributed by atoms with E-state index in [-0.39, 0.29) is 6.03 Å². The fourth-order valence-electron chi connectivity index (χ4n) is 1.68. The van der Waals surface area contributed by atoms with E-state index in [0.29, 0.717) is 22.1 Å². The number of hydrogen-bond acceptors (Lipinski definition) is 3. The van der Waals surface area contributed by atoms with Crippen molar-refractivity contribution < 1.29 is 14.3 Å². The smallest absolute Gasteiger partial charge is 0.323 e. The summed E-state index contributed by atoms with van der Waals surface area (Å²) < 4.78 is 10.1. The summed E-state index contributed by atoms with van der Waals surface area (Å²) in [7, 11) is 3.13. The first kappa shape index (κ1) is 15.0. The van der Waals surface area contributed by atoms with E-state index < -0.39 is 0 Å². The first-order valence-electron chi connectivity index (χ1n) is 6.18. The summed E-state index contributed by atoms with van der Waals surface area (Å²) in [6.07, 6.45) is 0. The average Bonchev–Trinajstić information content (AvgIpc) is 2.50. The van der Waals surface area contributed by atoms with Gasteiger partial charge in [-0.2, -0.15) is 0 Å². The van der Waals surface area contributed by atoms with Crippen LogP contribution in [0.2, 0.25) is 5.02 Å². The molecule has 110 valence electrons. The molecule has 5 nitrogen and oxygen atoms in total. The molecule has 0 aliphatic rings. The maximum atomic E-state index is 11.9. The van der Waals surface area contributed by atoms with E-state index in [1.807, 2.05) is 0 Å². The van der Waals surface area contributed by atoms with Crippen LogP contribution in [0.5, 0.6) is 11.5 Å². The summed E-state index contributed by atoms with van der Waals surface area (Å²) >= 11 is 6.06. The summed E-state index contributed by atoms with van der Waals surface area (Å²) in [5, 5.41) is 5.77. The number of anilines is 2. The first-order chi connectivity index (χ1) is 10.1. The van der Waals surface area contributed by atoms with Crippen molar-refractivity contribution in [2.45, 2.75) is 0 Å². The Balaban J connectivity index is 2.00. The Kier molecular flexibility index (Phi) is 4.90. The molecule has 2 N–H and O–H groups in total. The van der Waals surface area contributed by atoms with Crippen molar-refractivity contribution in [1.82, 2.24) is 0 Å². The van der Waals surface area contributed by atoms with Crippen LogP contribution in [0.4, 0.5) is 16.2 Å². The third kappa shape index (κ3) is 4.03. The van der Waals surface area contributed by atoms with Crippen molar-refractivity contribution in [3.63, 3.8) is 0 Å². The molecule has 0 unspecified atom stereocenters. The lowest BCUT2D eigenvalue weighted by molar-refractivity contribution is 0.262. The number of methoxy groups -OCH3 is 2. The largest absolute Gasteiger partial charge is 0.497 e. The maximum Gasteiger partial charge on any atom is 0.323 e. The average molecular weight is 307 g/mol. The minimum Gasteiger partial charge on any atom is -0.497 e. The molecule has 0 heterocycles. The van der Waals surface area contributed by atoms with Gasteiger partial charge in [0.2, 0.25) is 0 Å². The van der Waals surface area contributed by atoms with Gasteiger partial charge in [0.1, 0.15) is 11.5 Å². The van der Waals surface area contributed by atoms with E-state index in [1.165, 1.54) is 0 Å². The number of halogens is 1. The number of carbonyl (C=O) groups excluding carboxylic acids is 1. The maximum absolute atomic E-state index is 11.9. The molecule has 2 rings (SSSR count). The zero-order valence-electron chi connectivity index (χ0n) is 11.6. The zero-order valence-corrected chi connectivity index (χ0v) is 12.4. The van der Waals surface area contributed by atoms with E-state index in [9.17, 15) is 4.79 Å². The molecule has 0 aromatic heterocycles. The minimum atomic E-state index is -0.382. The summed E-state index contributed by atoms with van der Waals surface area (Å²) in [5.74, 6) is 1.35. The number of hydrogen-bond donors (Lipinski definition) is 2. The molecule has 0 spiro atoms. The molecule has 6 heteroatoms. The molecular weight excluding hydrogens is 292 g/mol. The van der Waals surface area contributed by atoms with Crippen LogP contribution in [0.25, 0.3) is 0 Å². The number of carbonyl (C=O) groups is 1. The molecule has 0 fully saturated rings. The number of benzene rings is 2. The molecule has 0 aliphatic heterocycles. The summed E-state index contributed by atoms with van der Waals surface area (Å²) in [4.78, 5) is 11.9. The Hall–Kier alpha value is -2.40. The van der Waals surface area contributed by atoms with Crippen LogP contribution in [0.1, 0.15) is 0 Å². The van der Waals surface area contributed by atoms with Crippen LogP contribution in [0, 0.1) is 0 Å². The minimum absolute atomic E-state index is 0.382. The molecule has 2 aromatic rings. The molecule has 0 bridgehead atoms. The lowest BCUT2D eigenvalue weighted by Crippen LogP contribution is -2.19. The van der Waals surface area contributed by atoms with Crippen molar-refractivity contribution in [1.29, 1.82) is 0 Å². The van der Waals surface area contributed by atoms with Gasteiger partial charge in [0.05, 0.1) is 24.9 Å². The zero-order chi connectivity index (χ0) is 15.2. The first-order valence-corrected chi connectivity index (χ1v) is 6.56. The SMILES string of the molecule is COc1ccc(NC(=O)Nc2ccc(OC)cc2Cl)cc1. The van der Waals surface area contributed by atoms with Gasteiger partial charge in [0.15, 0.2) is 0 Å². The summed E-state index contributed by atoms with van der Waals surface area (Å²) in [6, 6.07) is 11.6. The Morgan fingerprint density at radius 1 is 0.952 bits per heavy atom. The predicted molar refractivity (Wildman–Crippen MR) is 83.6 cm³/mol. The molecule has 2 aromatic carbocycles. The van der Waals surface area contributed by atoms with Crippen LogP contribution >= 0.6 is 11.6 Å². The molecule has 2 amide bonds. The van der Waals surface area contributed by atoms with Gasteiger partial charge in [-0.25, -0.2) is 4.79 Å². The monoisotopic (exact) mass is 306 g/mol. The predicted octanol–water partition coefficient (Wildman–Crippen LogP) is 4.00. The second-order valence-corrected chi connectivity index (χ2v) is 4.56. The van der Waals surface area contributed by atoms with Crippen molar-refractivity contribution in [3.05, 3.63) is 47.5 Å². The second-order valence-electron chi connectivity index (χ2n) is 4.15. The molecule has 21 heavy (non-hydrogen) atoms. The highest BCUT2D eigenvalue weighted by atomic mass is 35.5. The summed E-state index contributed by atoms with van der Waals surface area (Å²) in [5.41, 5.74) is 1.15. The fraction of sp³-hybridized carbons (Fsp3) is 0.133. The van der Waals surface area contributed by atoms with E-state index in [2.05, 4.69) is 10.6 Å². The standard InChI is InChI=1S/C15H15ClN2O3/c1-20-11-5-3-10(4-6-11)17-15(19)18-14-8-7-12(21-2)9-13(14)16/h3-9H,1-2H3,(H2,17,18,19). The van der Waals surface area contributed by atoms with Crippen LogP contribution in [-0.4, -0.2) is 20.3 Å². The van der Waals surface area contributed by atoms with Gasteiger partial charge in [0.25, 0.3) is 0 Å². The molecular formula is C15H15ClN2O3. The van der Waals surface area contributed by atoms with E-state index in [1.54, 1.807) is 56.7 Å². The number of ether oxygens (including phenoxy) is 2. The lowest BCUT2D eigenvalue weighted by Gasteiger charge is -2.10. The Labute approximate surface area is 127 Å². The van der Waals surface area contributed by atoms with Crippen molar-refractivity contribution >= 4 is 29.0 Å². The topological polar surface area (TPSA) is 59.6 Å². The Morgan fingerprint density at radius 3 is 2.14 bits per heavy atom. The Morgan fingerprint density at radius 2 is 1.57 bits per heavy atom. The molecule has 0 saturated carbocycles. The number of amides is 2. The second kappa shape index (κ2) is 6.85. The number of urea groups is 1. The van der Waals surface area contributed by atoms with Gasteiger partial charge in [0, 0.05) is 11.8 Å². The van der Waals surface area contributed by atoms with Gasteiger partial charge in [-0.3, -0.25) is 0 Å². The third-order valence-electron chi connectivity index (χ3n) is 2.77. The Bertz CT molecular complexity index is 629. The fourth-order valence-corrected chi connectivity index (χ4v) is 1.90. The van der Waals surface area contributed by atoms with Crippen molar-refractivity contribution in [2.75, 3.05) is 24.9 Å². The highest BCUT2D eigenvalue weighted by molar-refractivity contribution is 6.34. The summed E-state index contributed by atoms with van der Waals surface area (Å²) in [6.45, 7) is 0. The van der Waals surface area contributed by atoms with Gasteiger partial charge in [-0.05, 0) is 36.4 Å². The number of nitrogens with one attached hydrogen (secondary N) is 2. The van der Waals surface area contributed by atoms with Crippen LogP contribution < -0.4 is 20.1 Å². The highest BCUT2D eigenvalue weighted by Gasteiger charge is 2.07. The number of rotatable bonds is 4. The lowest BCUT2D eigenvalue weighted by atomic mass is 10.3. The van der Waals surface area contributed by atoms with Crippen molar-refractivity contribution in [2.24, 2.45) is 0 Å². The van der Waals surface area contributed by atoms with Crippen LogP contribution in [0.15, 0.2) is 42.5 Å². The third-order valence-corrected chi connectivity index (χ3v) is 3.09. The van der Waals surface area contributed by atoms with Crippen molar-refractivity contribution in [3.8, 4) is 11.5 Å². The quantitative estimate of drug-likeness (QED) is 0.897. The molecule has 0 saturated heterocycles. The van der Waals surface area contributed by atoms with Crippen LogP contribution in [0.3, 0.4) is 0 Å². The van der Waals surface area contributed by atoms with E-state index in [4.69, 9.17) is 21.1 Å². The molecule has 0 aliphatic carbocycles. The normalized spacial score (nSPS) is 9.86. The van der Waals surface area contributed by atoms with Crippen LogP contribution in [-0.2, 0) is 0 Å². The highest BCUT2D eigenvalue weighted by Crippen LogP contribution is 2.26. The van der Waals surface area contributed by atoms with Gasteiger partial charge in [-0.15, -0.1) is 0 Å². The van der Waals surface area contributed by atoms with Gasteiger partial charge < -0.3 is 20.1 Å². The molecule has 0 atom stereocenters. The van der Waals surface area contributed by atoms with E-state index >= 15 is 0 Å². The van der Waals surface area contributed by atoms with Gasteiger partial charge >= 0.3 is 6.03 Å².